The molecule has 0 aliphatic rings. The fourth-order valence-corrected chi connectivity index (χ4v) is 2.98. The van der Waals surface area contributed by atoms with Gasteiger partial charge in [-0.1, -0.05) is 47.5 Å². The number of nitrogens with one attached hydrogen (secondary N) is 1. The standard InChI is InChI=1S/C18H19ClN2/c1-13-4-3-5-14(8-13)11-21-12-15(10-20-2)17-7-6-16(19)9-18(17)21/h3-9,12,20H,10-11H2,1-2H3. The Morgan fingerprint density at radius 2 is 2.00 bits per heavy atom. The van der Waals surface area contributed by atoms with E-state index in [1.54, 1.807) is 0 Å². The average molecular weight is 299 g/mol. The van der Waals surface area contributed by atoms with Gasteiger partial charge in [0.2, 0.25) is 0 Å². The lowest BCUT2D eigenvalue weighted by Crippen LogP contribution is -2.04. The Balaban J connectivity index is 2.06. The van der Waals surface area contributed by atoms with Gasteiger partial charge in [0.15, 0.2) is 0 Å². The number of hydrogen-bond donors (Lipinski definition) is 1. The maximum absolute atomic E-state index is 6.18. The normalized spacial score (nSPS) is 11.2. The zero-order valence-corrected chi connectivity index (χ0v) is 13.1. The topological polar surface area (TPSA) is 17.0 Å². The molecule has 21 heavy (non-hydrogen) atoms. The number of hydrogen-bond acceptors (Lipinski definition) is 1. The number of aromatic nitrogens is 1. The van der Waals surface area contributed by atoms with E-state index in [9.17, 15) is 0 Å². The Morgan fingerprint density at radius 1 is 1.14 bits per heavy atom. The molecular weight excluding hydrogens is 280 g/mol. The van der Waals surface area contributed by atoms with Crippen LogP contribution in [-0.4, -0.2) is 11.6 Å². The van der Waals surface area contributed by atoms with Crippen molar-refractivity contribution >= 4 is 22.5 Å². The lowest BCUT2D eigenvalue weighted by atomic mass is 10.1. The Labute approximate surface area is 130 Å². The third-order valence-electron chi connectivity index (χ3n) is 3.73. The second-order valence-electron chi connectivity index (χ2n) is 5.46. The van der Waals surface area contributed by atoms with Crippen molar-refractivity contribution < 1.29 is 0 Å². The Kier molecular flexibility index (Phi) is 4.00. The fraction of sp³-hybridized carbons (Fsp3) is 0.222. The predicted molar refractivity (Wildman–Crippen MR) is 90.0 cm³/mol. The van der Waals surface area contributed by atoms with Gasteiger partial charge in [-0.25, -0.2) is 0 Å². The van der Waals surface area contributed by atoms with E-state index < -0.39 is 0 Å². The molecule has 1 N–H and O–H groups in total. The SMILES string of the molecule is CNCc1cn(Cc2cccc(C)c2)c2cc(Cl)ccc12. The summed E-state index contributed by atoms with van der Waals surface area (Å²) in [5.41, 5.74) is 5.09. The molecule has 3 rings (SSSR count). The zero-order valence-electron chi connectivity index (χ0n) is 12.4. The predicted octanol–water partition coefficient (Wildman–Crippen LogP) is 4.37. The fourth-order valence-electron chi connectivity index (χ4n) is 2.81. The van der Waals surface area contributed by atoms with Crippen molar-refractivity contribution in [2.45, 2.75) is 20.0 Å². The molecule has 108 valence electrons. The Bertz CT molecular complexity index is 774. The van der Waals surface area contributed by atoms with Gasteiger partial charge in [-0.2, -0.15) is 0 Å². The lowest BCUT2D eigenvalue weighted by molar-refractivity contribution is 0.795. The smallest absolute Gasteiger partial charge is 0.0501 e. The molecule has 0 aliphatic carbocycles. The minimum absolute atomic E-state index is 0.780. The molecule has 2 aromatic carbocycles. The summed E-state index contributed by atoms with van der Waals surface area (Å²) in [6.45, 7) is 3.85. The molecule has 1 heterocycles. The van der Waals surface area contributed by atoms with Crippen molar-refractivity contribution in [1.82, 2.24) is 9.88 Å². The Morgan fingerprint density at radius 3 is 2.76 bits per heavy atom. The molecule has 0 amide bonds. The van der Waals surface area contributed by atoms with Crippen LogP contribution in [0, 0.1) is 6.92 Å². The number of rotatable bonds is 4. The summed E-state index contributed by atoms with van der Waals surface area (Å²) < 4.78 is 2.28. The van der Waals surface area contributed by atoms with Crippen molar-refractivity contribution in [3.05, 3.63) is 70.4 Å². The summed E-state index contributed by atoms with van der Waals surface area (Å²) in [7, 11) is 1.97. The van der Waals surface area contributed by atoms with E-state index in [1.807, 2.05) is 19.2 Å². The number of nitrogens with zero attached hydrogens (tertiary/aromatic N) is 1. The molecule has 0 unspecified atom stereocenters. The molecule has 0 aliphatic heterocycles. The van der Waals surface area contributed by atoms with Crippen LogP contribution in [0.15, 0.2) is 48.7 Å². The average Bonchev–Trinajstić information content (AvgIpc) is 2.77. The third kappa shape index (κ3) is 2.97. The summed E-state index contributed by atoms with van der Waals surface area (Å²) in [6, 6.07) is 14.7. The minimum Gasteiger partial charge on any atom is -0.343 e. The summed E-state index contributed by atoms with van der Waals surface area (Å²) in [5.74, 6) is 0. The van der Waals surface area contributed by atoms with E-state index in [-0.39, 0.29) is 0 Å². The summed E-state index contributed by atoms with van der Waals surface area (Å²) >= 11 is 6.18. The summed E-state index contributed by atoms with van der Waals surface area (Å²) in [5, 5.41) is 5.28. The van der Waals surface area contributed by atoms with Gasteiger partial charge in [-0.05, 0) is 37.2 Å². The maximum atomic E-state index is 6.18. The molecule has 0 spiro atoms. The number of benzene rings is 2. The molecule has 0 atom stereocenters. The van der Waals surface area contributed by atoms with Gasteiger partial charge in [-0.15, -0.1) is 0 Å². The summed E-state index contributed by atoms with van der Waals surface area (Å²) in [6.07, 6.45) is 2.22. The van der Waals surface area contributed by atoms with Gasteiger partial charge < -0.3 is 9.88 Å². The second-order valence-corrected chi connectivity index (χ2v) is 5.90. The van der Waals surface area contributed by atoms with Crippen LogP contribution in [0.1, 0.15) is 16.7 Å². The molecule has 3 aromatic rings. The van der Waals surface area contributed by atoms with Gasteiger partial charge in [0.05, 0.1) is 5.52 Å². The first-order chi connectivity index (χ1) is 10.2. The highest BCUT2D eigenvalue weighted by Crippen LogP contribution is 2.25. The van der Waals surface area contributed by atoms with Crippen molar-refractivity contribution in [3.8, 4) is 0 Å². The van der Waals surface area contributed by atoms with Gasteiger partial charge in [0.1, 0.15) is 0 Å². The highest BCUT2D eigenvalue weighted by atomic mass is 35.5. The van der Waals surface area contributed by atoms with E-state index in [1.165, 1.54) is 27.6 Å². The molecule has 0 radical (unpaired) electrons. The van der Waals surface area contributed by atoms with Crippen molar-refractivity contribution in [2.24, 2.45) is 0 Å². The molecule has 2 nitrogen and oxygen atoms in total. The quantitative estimate of drug-likeness (QED) is 0.757. The first-order valence-corrected chi connectivity index (χ1v) is 7.52. The van der Waals surface area contributed by atoms with Crippen LogP contribution in [0.5, 0.6) is 0 Å². The van der Waals surface area contributed by atoms with Crippen LogP contribution in [0.4, 0.5) is 0 Å². The van der Waals surface area contributed by atoms with Crippen LogP contribution in [0.3, 0.4) is 0 Å². The van der Waals surface area contributed by atoms with Gasteiger partial charge in [-0.3, -0.25) is 0 Å². The van der Waals surface area contributed by atoms with Crippen molar-refractivity contribution in [1.29, 1.82) is 0 Å². The van der Waals surface area contributed by atoms with Crippen LogP contribution >= 0.6 is 11.6 Å². The number of fused-ring (bicyclic) bond motifs is 1. The number of halogens is 1. The molecule has 0 saturated carbocycles. The van der Waals surface area contributed by atoms with Crippen LogP contribution in [0.25, 0.3) is 10.9 Å². The van der Waals surface area contributed by atoms with E-state index in [2.05, 4.69) is 53.3 Å². The highest BCUT2D eigenvalue weighted by molar-refractivity contribution is 6.31. The molecule has 0 bridgehead atoms. The van der Waals surface area contributed by atoms with Crippen LogP contribution in [-0.2, 0) is 13.1 Å². The first kappa shape index (κ1) is 14.2. The van der Waals surface area contributed by atoms with Crippen LogP contribution < -0.4 is 5.32 Å². The molecule has 1 aromatic heterocycles. The maximum Gasteiger partial charge on any atom is 0.0501 e. The van der Waals surface area contributed by atoms with E-state index in [0.29, 0.717) is 0 Å². The second kappa shape index (κ2) is 5.92. The van der Waals surface area contributed by atoms with E-state index >= 15 is 0 Å². The van der Waals surface area contributed by atoms with Crippen LogP contribution in [0.2, 0.25) is 5.02 Å². The van der Waals surface area contributed by atoms with Crippen molar-refractivity contribution in [2.75, 3.05) is 7.05 Å². The third-order valence-corrected chi connectivity index (χ3v) is 3.96. The van der Waals surface area contributed by atoms with E-state index in [4.69, 9.17) is 11.6 Å². The minimum atomic E-state index is 0.780. The van der Waals surface area contributed by atoms with Crippen molar-refractivity contribution in [3.63, 3.8) is 0 Å². The highest BCUT2D eigenvalue weighted by Gasteiger charge is 2.09. The molecule has 3 heteroatoms. The molecule has 0 fully saturated rings. The Hall–Kier alpha value is -1.77. The zero-order chi connectivity index (χ0) is 14.8. The largest absolute Gasteiger partial charge is 0.343 e. The monoisotopic (exact) mass is 298 g/mol. The van der Waals surface area contributed by atoms with E-state index in [0.717, 1.165) is 18.1 Å². The van der Waals surface area contributed by atoms with Gasteiger partial charge in [0, 0.05) is 29.7 Å². The molecular formula is C18H19ClN2. The van der Waals surface area contributed by atoms with Gasteiger partial charge >= 0.3 is 0 Å². The first-order valence-electron chi connectivity index (χ1n) is 7.15. The lowest BCUT2D eigenvalue weighted by Gasteiger charge is -2.06. The molecule has 0 saturated heterocycles. The summed E-state index contributed by atoms with van der Waals surface area (Å²) in [4.78, 5) is 0. The number of aryl methyl sites for hydroxylation is 1. The van der Waals surface area contributed by atoms with Gasteiger partial charge in [0.25, 0.3) is 0 Å².